The molecule has 7 heteroatoms. The molecule has 0 bridgehead atoms. The quantitative estimate of drug-likeness (QED) is 0.654. The maximum atomic E-state index is 12.4. The molecule has 0 heterocycles. The summed E-state index contributed by atoms with van der Waals surface area (Å²) in [6, 6.07) is 12.7. The molecule has 0 aliphatic heterocycles. The van der Waals surface area contributed by atoms with Crippen LogP contribution < -0.4 is 20.1 Å². The van der Waals surface area contributed by atoms with E-state index in [-0.39, 0.29) is 18.4 Å². The molecule has 2 amide bonds. The Bertz CT molecular complexity index is 790. The van der Waals surface area contributed by atoms with Gasteiger partial charge in [0, 0.05) is 25.8 Å². The number of carbonyl (C=O) groups excluding carboxylic acids is 2. The zero-order valence-corrected chi connectivity index (χ0v) is 16.4. The van der Waals surface area contributed by atoms with E-state index in [4.69, 9.17) is 14.2 Å². The van der Waals surface area contributed by atoms with Crippen LogP contribution in [0.2, 0.25) is 0 Å². The summed E-state index contributed by atoms with van der Waals surface area (Å²) in [5, 5.41) is 5.35. The molecule has 0 saturated carbocycles. The van der Waals surface area contributed by atoms with E-state index in [1.165, 1.54) is 14.2 Å². The molecule has 2 N–H and O–H groups in total. The average Bonchev–Trinajstić information content (AvgIpc) is 2.74. The third kappa shape index (κ3) is 6.28. The Morgan fingerprint density at radius 1 is 1.00 bits per heavy atom. The molecule has 0 aliphatic rings. The highest BCUT2D eigenvalue weighted by atomic mass is 16.5. The second kappa shape index (κ2) is 10.9. The monoisotopic (exact) mass is 386 g/mol. The lowest BCUT2D eigenvalue weighted by molar-refractivity contribution is -0.122. The molecule has 0 radical (unpaired) electrons. The first-order valence-electron chi connectivity index (χ1n) is 9.02. The van der Waals surface area contributed by atoms with Gasteiger partial charge < -0.3 is 24.8 Å². The Morgan fingerprint density at radius 2 is 1.71 bits per heavy atom. The number of ether oxygens (including phenoxy) is 3. The van der Waals surface area contributed by atoms with Crippen LogP contribution in [0.15, 0.2) is 42.5 Å². The van der Waals surface area contributed by atoms with Gasteiger partial charge in [-0.05, 0) is 36.2 Å². The Balaban J connectivity index is 1.95. The van der Waals surface area contributed by atoms with Gasteiger partial charge in [0.15, 0.2) is 18.1 Å². The van der Waals surface area contributed by atoms with Crippen LogP contribution in [-0.2, 0) is 22.7 Å². The summed E-state index contributed by atoms with van der Waals surface area (Å²) in [5.74, 6) is 0.301. The van der Waals surface area contributed by atoms with Crippen molar-refractivity contribution in [3.05, 3.63) is 59.2 Å². The third-order valence-electron chi connectivity index (χ3n) is 4.01. The van der Waals surface area contributed by atoms with Crippen LogP contribution in [-0.4, -0.2) is 39.2 Å². The van der Waals surface area contributed by atoms with Crippen molar-refractivity contribution in [2.45, 2.75) is 20.1 Å². The minimum absolute atomic E-state index is 0.127. The number of likely N-dealkylation sites (N-methyl/N-ethyl adjacent to an activating group) is 1. The minimum atomic E-state index is -0.254. The van der Waals surface area contributed by atoms with E-state index in [9.17, 15) is 9.59 Å². The third-order valence-corrected chi connectivity index (χ3v) is 4.01. The fraction of sp³-hybridized carbons (Fsp3) is 0.333. The predicted molar refractivity (Wildman–Crippen MR) is 105 cm³/mol. The van der Waals surface area contributed by atoms with Crippen LogP contribution in [0, 0.1) is 0 Å². The fourth-order valence-corrected chi connectivity index (χ4v) is 2.40. The van der Waals surface area contributed by atoms with E-state index in [1.54, 1.807) is 18.2 Å². The summed E-state index contributed by atoms with van der Waals surface area (Å²) in [4.78, 5) is 23.7. The van der Waals surface area contributed by atoms with Gasteiger partial charge in [-0.15, -0.1) is 0 Å². The molecule has 0 fully saturated rings. The SMILES string of the molecule is CCOCc1ccc(CNC(=O)c2ccc(OCC(=O)NC)c(OC)c2)cc1. The molecule has 0 saturated heterocycles. The molecule has 150 valence electrons. The molecule has 7 nitrogen and oxygen atoms in total. The second-order valence-electron chi connectivity index (χ2n) is 5.96. The highest BCUT2D eigenvalue weighted by molar-refractivity contribution is 5.94. The summed E-state index contributed by atoms with van der Waals surface area (Å²) >= 11 is 0. The number of nitrogens with one attached hydrogen (secondary N) is 2. The van der Waals surface area contributed by atoms with Crippen LogP contribution in [0.25, 0.3) is 0 Å². The first kappa shape index (κ1) is 21.2. The average molecular weight is 386 g/mol. The molecule has 0 atom stereocenters. The Kier molecular flexibility index (Phi) is 8.30. The maximum Gasteiger partial charge on any atom is 0.257 e. The van der Waals surface area contributed by atoms with Gasteiger partial charge in [0.25, 0.3) is 11.8 Å². The summed E-state index contributed by atoms with van der Waals surface area (Å²) < 4.78 is 16.0. The standard InChI is InChI=1S/C21H26N2O5/c1-4-27-13-16-7-5-15(6-8-16)12-23-21(25)17-9-10-18(19(11-17)26-3)28-14-20(24)22-2/h5-11H,4,12-14H2,1-3H3,(H,22,24)(H,23,25). The lowest BCUT2D eigenvalue weighted by Gasteiger charge is -2.12. The summed E-state index contributed by atoms with van der Waals surface area (Å²) in [6.07, 6.45) is 0. The first-order valence-corrected chi connectivity index (χ1v) is 9.02. The van der Waals surface area contributed by atoms with Crippen LogP contribution in [0.3, 0.4) is 0 Å². The molecule has 2 rings (SSSR count). The van der Waals surface area contributed by atoms with Crippen molar-refractivity contribution in [1.29, 1.82) is 0 Å². The maximum absolute atomic E-state index is 12.4. The normalized spacial score (nSPS) is 10.2. The zero-order chi connectivity index (χ0) is 20.4. The number of hydrogen-bond acceptors (Lipinski definition) is 5. The van der Waals surface area contributed by atoms with E-state index >= 15 is 0 Å². The molecule has 2 aromatic rings. The summed E-state index contributed by atoms with van der Waals surface area (Å²) in [7, 11) is 3.01. The first-order chi connectivity index (χ1) is 13.6. The van der Waals surface area contributed by atoms with Crippen molar-refractivity contribution < 1.29 is 23.8 Å². The van der Waals surface area contributed by atoms with Gasteiger partial charge in [-0.2, -0.15) is 0 Å². The van der Waals surface area contributed by atoms with Crippen molar-refractivity contribution >= 4 is 11.8 Å². The van der Waals surface area contributed by atoms with E-state index in [0.29, 0.717) is 36.8 Å². The number of benzene rings is 2. The summed E-state index contributed by atoms with van der Waals surface area (Å²) in [6.45, 7) is 3.50. The van der Waals surface area contributed by atoms with Crippen LogP contribution in [0.5, 0.6) is 11.5 Å². The van der Waals surface area contributed by atoms with Crippen molar-refractivity contribution in [3.63, 3.8) is 0 Å². The lowest BCUT2D eigenvalue weighted by Crippen LogP contribution is -2.25. The largest absolute Gasteiger partial charge is 0.493 e. The Labute approximate surface area is 165 Å². The molecule has 0 unspecified atom stereocenters. The molecule has 0 aliphatic carbocycles. The van der Waals surface area contributed by atoms with Gasteiger partial charge in [-0.1, -0.05) is 24.3 Å². The van der Waals surface area contributed by atoms with Gasteiger partial charge in [-0.3, -0.25) is 9.59 Å². The van der Waals surface area contributed by atoms with Crippen molar-refractivity contribution in [2.24, 2.45) is 0 Å². The number of methoxy groups -OCH3 is 1. The topological polar surface area (TPSA) is 85.9 Å². The van der Waals surface area contributed by atoms with Crippen molar-refractivity contribution in [2.75, 3.05) is 27.4 Å². The van der Waals surface area contributed by atoms with Gasteiger partial charge >= 0.3 is 0 Å². The fourth-order valence-electron chi connectivity index (χ4n) is 2.40. The van der Waals surface area contributed by atoms with E-state index in [1.807, 2.05) is 31.2 Å². The number of carbonyl (C=O) groups is 2. The number of hydrogen-bond donors (Lipinski definition) is 2. The van der Waals surface area contributed by atoms with Crippen molar-refractivity contribution in [3.8, 4) is 11.5 Å². The van der Waals surface area contributed by atoms with Crippen LogP contribution >= 0.6 is 0 Å². The highest BCUT2D eigenvalue weighted by Gasteiger charge is 2.12. The smallest absolute Gasteiger partial charge is 0.257 e. The molecule has 0 aromatic heterocycles. The van der Waals surface area contributed by atoms with Crippen LogP contribution in [0.4, 0.5) is 0 Å². The molecule has 28 heavy (non-hydrogen) atoms. The van der Waals surface area contributed by atoms with Gasteiger partial charge in [0.2, 0.25) is 0 Å². The predicted octanol–water partition coefficient (Wildman–Crippen LogP) is 2.29. The van der Waals surface area contributed by atoms with E-state index in [2.05, 4.69) is 10.6 Å². The molecule has 2 aromatic carbocycles. The van der Waals surface area contributed by atoms with E-state index in [0.717, 1.165) is 11.1 Å². The van der Waals surface area contributed by atoms with E-state index < -0.39 is 0 Å². The second-order valence-corrected chi connectivity index (χ2v) is 5.96. The van der Waals surface area contributed by atoms with Crippen LogP contribution in [0.1, 0.15) is 28.4 Å². The zero-order valence-electron chi connectivity index (χ0n) is 16.4. The highest BCUT2D eigenvalue weighted by Crippen LogP contribution is 2.28. The van der Waals surface area contributed by atoms with Gasteiger partial charge in [0.05, 0.1) is 13.7 Å². The minimum Gasteiger partial charge on any atom is -0.493 e. The number of rotatable bonds is 10. The van der Waals surface area contributed by atoms with Gasteiger partial charge in [0.1, 0.15) is 0 Å². The van der Waals surface area contributed by atoms with Crippen molar-refractivity contribution in [1.82, 2.24) is 10.6 Å². The number of amides is 2. The lowest BCUT2D eigenvalue weighted by atomic mass is 10.1. The van der Waals surface area contributed by atoms with Gasteiger partial charge in [-0.25, -0.2) is 0 Å². The Morgan fingerprint density at radius 3 is 2.36 bits per heavy atom. The Hall–Kier alpha value is -3.06. The summed E-state index contributed by atoms with van der Waals surface area (Å²) in [5.41, 5.74) is 2.53. The molecular formula is C21H26N2O5. The molecule has 0 spiro atoms. The molecular weight excluding hydrogens is 360 g/mol.